The van der Waals surface area contributed by atoms with Crippen LogP contribution in [0.5, 0.6) is 0 Å². The zero-order chi connectivity index (χ0) is 47.9. The third kappa shape index (κ3) is 19.4. The van der Waals surface area contributed by atoms with Gasteiger partial charge in [0.05, 0.1) is 0 Å². The lowest BCUT2D eigenvalue weighted by atomic mass is 10.0. The number of carboxylic acids is 4. The van der Waals surface area contributed by atoms with Crippen molar-refractivity contribution in [1.29, 1.82) is 0 Å². The minimum Gasteiger partial charge on any atom is -0.481 e. The molecule has 0 bridgehead atoms. The molecule has 0 heterocycles. The molecule has 0 saturated heterocycles. The fourth-order valence-corrected chi connectivity index (χ4v) is 6.04. The Kier molecular flexibility index (Phi) is 21.0. The maximum Gasteiger partial charge on any atom is 0.326 e. The van der Waals surface area contributed by atoms with Gasteiger partial charge in [0, 0.05) is 50.8 Å². The van der Waals surface area contributed by atoms with E-state index in [1.165, 1.54) is 12.1 Å². The van der Waals surface area contributed by atoms with Crippen LogP contribution >= 0.6 is 0 Å². The van der Waals surface area contributed by atoms with Crippen molar-refractivity contribution < 1.29 is 72.8 Å². The highest BCUT2D eigenvalue weighted by Gasteiger charge is 2.31. The third-order valence-electron chi connectivity index (χ3n) is 9.48. The second-order valence-corrected chi connectivity index (χ2v) is 14.5. The Labute approximate surface area is 370 Å². The summed E-state index contributed by atoms with van der Waals surface area (Å²) in [6, 6.07) is 13.2. The summed E-state index contributed by atoms with van der Waals surface area (Å²) in [4.78, 5) is 124. The Morgan fingerprint density at radius 2 is 0.846 bits per heavy atom. The lowest BCUT2D eigenvalue weighted by molar-refractivity contribution is -0.143. The van der Waals surface area contributed by atoms with Crippen molar-refractivity contribution in [3.05, 3.63) is 107 Å². The van der Waals surface area contributed by atoms with Crippen LogP contribution in [-0.4, -0.2) is 123 Å². The number of carbonyl (C=O) groups is 10. The largest absolute Gasteiger partial charge is 0.481 e. The van der Waals surface area contributed by atoms with Gasteiger partial charge in [-0.2, -0.15) is 0 Å². The number of halogens is 1. The second kappa shape index (κ2) is 26.5. The summed E-state index contributed by atoms with van der Waals surface area (Å²) in [5.41, 5.74) is 1.34. The number of carbonyl (C=O) groups excluding carboxylic acids is 6. The minimum atomic E-state index is -1.62. The molecule has 348 valence electrons. The quantitative estimate of drug-likeness (QED) is 0.0460. The maximum atomic E-state index is 13.9. The predicted octanol–water partition coefficient (Wildman–Crippen LogP) is 0.327. The molecule has 21 nitrogen and oxygen atoms in total. The van der Waals surface area contributed by atoms with E-state index in [9.17, 15) is 67.7 Å². The smallest absolute Gasteiger partial charge is 0.326 e. The van der Waals surface area contributed by atoms with Crippen LogP contribution < -0.4 is 37.2 Å². The number of amides is 7. The molecule has 0 radical (unpaired) electrons. The SMILES string of the molecule is O=C(O)CCC(NC(=O)NC(CCC(=O)NCCNC(=O)CC[C@@H](NC(=O)C(Cc1ccccc1)NC(=O)C(Cc1ccccc1)NC(=O)c1ccc([18F])cc1)C(=O)O)C(=O)O)C(=O)O. The fraction of sp³-hybridized carbons (Fsp3) is 0.349. The minimum absolute atomic E-state index is 0.00357. The summed E-state index contributed by atoms with van der Waals surface area (Å²) in [6.45, 7) is -0.284. The molecule has 0 saturated carbocycles. The van der Waals surface area contributed by atoms with Crippen LogP contribution in [0.1, 0.15) is 60.0 Å². The van der Waals surface area contributed by atoms with Gasteiger partial charge < -0.3 is 57.6 Å². The average molecular weight is 907 g/mol. The lowest BCUT2D eigenvalue weighted by Gasteiger charge is -2.25. The van der Waals surface area contributed by atoms with E-state index in [0.717, 1.165) is 12.1 Å². The van der Waals surface area contributed by atoms with Crippen molar-refractivity contribution in [2.24, 2.45) is 0 Å². The van der Waals surface area contributed by atoms with Crippen molar-refractivity contribution in [1.82, 2.24) is 37.2 Å². The number of rotatable bonds is 27. The van der Waals surface area contributed by atoms with Crippen LogP contribution in [0.15, 0.2) is 84.9 Å². The zero-order valence-corrected chi connectivity index (χ0v) is 34.8. The highest BCUT2D eigenvalue weighted by molar-refractivity contribution is 5.99. The van der Waals surface area contributed by atoms with E-state index in [-0.39, 0.29) is 37.9 Å². The van der Waals surface area contributed by atoms with Gasteiger partial charge in [-0.1, -0.05) is 60.7 Å². The first-order valence-corrected chi connectivity index (χ1v) is 20.2. The number of aliphatic carboxylic acids is 4. The summed E-state index contributed by atoms with van der Waals surface area (Å²) in [6.07, 6.45) is -2.77. The van der Waals surface area contributed by atoms with Gasteiger partial charge >= 0.3 is 29.9 Å². The Hall–Kier alpha value is -7.91. The molecule has 0 aromatic heterocycles. The molecular weight excluding hydrogens is 857 g/mol. The summed E-state index contributed by atoms with van der Waals surface area (Å²) >= 11 is 0. The molecule has 4 unspecified atom stereocenters. The summed E-state index contributed by atoms with van der Waals surface area (Å²) in [7, 11) is 0. The van der Waals surface area contributed by atoms with E-state index in [2.05, 4.69) is 26.6 Å². The van der Waals surface area contributed by atoms with Crippen molar-refractivity contribution in [3.63, 3.8) is 0 Å². The summed E-state index contributed by atoms with van der Waals surface area (Å²) < 4.78 is 13.5. The van der Waals surface area contributed by atoms with Crippen molar-refractivity contribution in [3.8, 4) is 0 Å². The molecule has 22 heteroatoms. The number of benzene rings is 3. The third-order valence-corrected chi connectivity index (χ3v) is 9.48. The van der Waals surface area contributed by atoms with Gasteiger partial charge in [0.1, 0.15) is 36.0 Å². The molecule has 0 aliphatic rings. The predicted molar refractivity (Wildman–Crippen MR) is 225 cm³/mol. The molecule has 0 aliphatic carbocycles. The molecule has 3 aromatic carbocycles. The number of hydrogen-bond donors (Lipinski definition) is 11. The first-order valence-electron chi connectivity index (χ1n) is 20.2. The van der Waals surface area contributed by atoms with Crippen molar-refractivity contribution >= 4 is 59.4 Å². The highest BCUT2D eigenvalue weighted by Crippen LogP contribution is 2.10. The maximum absolute atomic E-state index is 13.9. The summed E-state index contributed by atoms with van der Waals surface area (Å²) in [5, 5.41) is 53.8. The summed E-state index contributed by atoms with van der Waals surface area (Å²) in [5.74, 6) is -10.1. The molecule has 0 spiro atoms. The Bertz CT molecular complexity index is 2140. The first kappa shape index (κ1) is 51.4. The van der Waals surface area contributed by atoms with Crippen molar-refractivity contribution in [2.75, 3.05) is 13.1 Å². The standard InChI is InChI=1S/C43H50FN7O14/c44-28-13-11-27(12-14-28)37(56)48-32(23-25-7-3-1-4-8-25)39(58)49-33(24-26-9-5-2-6-10-26)38(57)47-29(40(59)60)15-18-34(52)45-21-22-46-35(53)19-16-30(41(61)62)50-43(65)51-31(42(63)64)17-20-36(54)55/h1-14,29-33H,15-24H2,(H,45,52)(H,46,53)(H,47,57)(H,48,56)(H,49,58)(H,54,55)(H,59,60)(H,61,62)(H,63,64)(H2,50,51,65)/t29-,30?,31?,32?,33?/m1/s1/i44-1. The van der Waals surface area contributed by atoms with Crippen LogP contribution in [0.3, 0.4) is 0 Å². The van der Waals surface area contributed by atoms with Crippen LogP contribution in [0.25, 0.3) is 0 Å². The van der Waals surface area contributed by atoms with E-state index in [4.69, 9.17) is 5.11 Å². The van der Waals surface area contributed by atoms with Gasteiger partial charge in [-0.3, -0.25) is 28.8 Å². The Morgan fingerprint density at radius 1 is 0.462 bits per heavy atom. The van der Waals surface area contributed by atoms with Crippen molar-refractivity contribution in [2.45, 2.75) is 81.6 Å². The van der Waals surface area contributed by atoms with E-state index in [1.807, 2.05) is 10.6 Å². The first-order chi connectivity index (χ1) is 30.9. The molecule has 0 fully saturated rings. The Morgan fingerprint density at radius 3 is 1.26 bits per heavy atom. The van der Waals surface area contributed by atoms with Gasteiger partial charge in [-0.05, 0) is 54.7 Å². The monoisotopic (exact) mass is 906 g/mol. The zero-order valence-electron chi connectivity index (χ0n) is 34.8. The number of nitrogens with one attached hydrogen (secondary N) is 7. The van der Waals surface area contributed by atoms with Crippen LogP contribution in [-0.2, 0) is 51.2 Å². The molecule has 3 aromatic rings. The lowest BCUT2D eigenvalue weighted by Crippen LogP contribution is -2.57. The normalized spacial score (nSPS) is 12.9. The number of carboxylic acid groups (broad SMARTS) is 4. The van der Waals surface area contributed by atoms with E-state index in [0.29, 0.717) is 11.1 Å². The van der Waals surface area contributed by atoms with E-state index >= 15 is 0 Å². The molecule has 11 N–H and O–H groups in total. The number of urea groups is 1. The second-order valence-electron chi connectivity index (χ2n) is 14.5. The van der Waals surface area contributed by atoms with Crippen LogP contribution in [0, 0.1) is 5.82 Å². The number of hydrogen-bond acceptors (Lipinski definition) is 10. The molecular formula is C43H50FN7O14. The molecule has 5 atom stereocenters. The van der Waals surface area contributed by atoms with Gasteiger partial charge in [0.25, 0.3) is 5.91 Å². The molecule has 3 rings (SSSR count). The van der Waals surface area contributed by atoms with Gasteiger partial charge in [-0.25, -0.2) is 23.6 Å². The van der Waals surface area contributed by atoms with E-state index < -0.39 is 128 Å². The van der Waals surface area contributed by atoms with E-state index in [1.54, 1.807) is 60.7 Å². The van der Waals surface area contributed by atoms with Gasteiger partial charge in [-0.15, -0.1) is 0 Å². The highest BCUT2D eigenvalue weighted by atomic mass is 18.2. The molecule has 0 aliphatic heterocycles. The fourth-order valence-electron chi connectivity index (χ4n) is 6.04. The average Bonchev–Trinajstić information content (AvgIpc) is 3.26. The van der Waals surface area contributed by atoms with Gasteiger partial charge in [0.15, 0.2) is 0 Å². The molecule has 7 amide bonds. The topological polar surface area (TPSA) is 336 Å². The molecule has 65 heavy (non-hydrogen) atoms. The Balaban J connectivity index is 1.55. The van der Waals surface area contributed by atoms with Gasteiger partial charge in [0.2, 0.25) is 23.6 Å². The van der Waals surface area contributed by atoms with Crippen LogP contribution in [0.4, 0.5) is 9.18 Å². The van der Waals surface area contributed by atoms with Crippen LogP contribution in [0.2, 0.25) is 0 Å².